The van der Waals surface area contributed by atoms with Gasteiger partial charge in [0.2, 0.25) is 5.91 Å². The molecule has 0 atom stereocenters. The molecule has 2 aromatic carbocycles. The van der Waals surface area contributed by atoms with Crippen LogP contribution in [0.25, 0.3) is 6.08 Å². The van der Waals surface area contributed by atoms with Gasteiger partial charge in [0.25, 0.3) is 0 Å². The van der Waals surface area contributed by atoms with Crippen molar-refractivity contribution in [3.63, 3.8) is 0 Å². The van der Waals surface area contributed by atoms with E-state index in [1.165, 1.54) is 6.08 Å². The first-order chi connectivity index (χ1) is 11.5. The second-order valence-electron chi connectivity index (χ2n) is 5.41. The maximum atomic E-state index is 12.0. The van der Waals surface area contributed by atoms with Crippen LogP contribution >= 0.6 is 11.6 Å². The van der Waals surface area contributed by atoms with Crippen molar-refractivity contribution in [1.82, 2.24) is 0 Å². The molecule has 0 unspecified atom stereocenters. The Morgan fingerprint density at radius 2 is 1.96 bits per heavy atom. The Kier molecular flexibility index (Phi) is 6.27. The summed E-state index contributed by atoms with van der Waals surface area (Å²) in [6.45, 7) is 3.90. The van der Waals surface area contributed by atoms with Gasteiger partial charge in [-0.1, -0.05) is 23.7 Å². The molecule has 0 heterocycles. The van der Waals surface area contributed by atoms with Gasteiger partial charge >= 0.3 is 0 Å². The van der Waals surface area contributed by atoms with Gasteiger partial charge in [0.1, 0.15) is 0 Å². The molecule has 0 saturated heterocycles. The third kappa shape index (κ3) is 5.32. The molecular weight excluding hydrogens is 326 g/mol. The molecule has 5 heteroatoms. The predicted octanol–water partition coefficient (Wildman–Crippen LogP) is 4.79. The van der Waals surface area contributed by atoms with Crippen molar-refractivity contribution in [2.24, 2.45) is 0 Å². The maximum Gasteiger partial charge on any atom is 0.248 e. The summed E-state index contributed by atoms with van der Waals surface area (Å²) in [4.78, 5) is 12.0. The van der Waals surface area contributed by atoms with E-state index in [-0.39, 0.29) is 12.0 Å². The Morgan fingerprint density at radius 3 is 2.62 bits per heavy atom. The van der Waals surface area contributed by atoms with Crippen LogP contribution in [-0.4, -0.2) is 19.1 Å². The number of anilines is 1. The van der Waals surface area contributed by atoms with Crippen LogP contribution in [0.3, 0.4) is 0 Å². The molecule has 2 rings (SSSR count). The van der Waals surface area contributed by atoms with Crippen LogP contribution in [-0.2, 0) is 4.79 Å². The summed E-state index contributed by atoms with van der Waals surface area (Å²) in [6.07, 6.45) is 3.23. The zero-order valence-electron chi connectivity index (χ0n) is 13.9. The second kappa shape index (κ2) is 8.41. The molecule has 1 N–H and O–H groups in total. The smallest absolute Gasteiger partial charge is 0.248 e. The van der Waals surface area contributed by atoms with E-state index in [1.54, 1.807) is 37.5 Å². The zero-order chi connectivity index (χ0) is 17.5. The van der Waals surface area contributed by atoms with E-state index in [2.05, 4.69) is 5.32 Å². The number of carbonyl (C=O) groups excluding carboxylic acids is 1. The molecule has 0 aliphatic rings. The molecule has 126 valence electrons. The molecule has 2 aromatic rings. The molecule has 4 nitrogen and oxygen atoms in total. The highest BCUT2D eigenvalue weighted by Gasteiger charge is 2.06. The Hall–Kier alpha value is -2.46. The van der Waals surface area contributed by atoms with E-state index in [0.29, 0.717) is 22.2 Å². The highest BCUT2D eigenvalue weighted by atomic mass is 35.5. The molecule has 0 bridgehead atoms. The second-order valence-corrected chi connectivity index (χ2v) is 5.85. The van der Waals surface area contributed by atoms with Crippen molar-refractivity contribution >= 4 is 29.3 Å². The molecule has 1 amide bonds. The minimum absolute atomic E-state index is 0.0590. The van der Waals surface area contributed by atoms with E-state index in [4.69, 9.17) is 21.1 Å². The van der Waals surface area contributed by atoms with E-state index in [1.807, 2.05) is 32.0 Å². The topological polar surface area (TPSA) is 47.6 Å². The predicted molar refractivity (Wildman–Crippen MR) is 97.9 cm³/mol. The molecule has 0 aliphatic carbocycles. The minimum Gasteiger partial charge on any atom is -0.493 e. The summed E-state index contributed by atoms with van der Waals surface area (Å²) in [5, 5.41) is 3.32. The molecule has 0 aromatic heterocycles. The third-order valence-corrected chi connectivity index (χ3v) is 3.30. The number of methoxy groups -OCH3 is 1. The summed E-state index contributed by atoms with van der Waals surface area (Å²) in [5.74, 6) is 1.06. The molecule has 0 radical (unpaired) electrons. The lowest BCUT2D eigenvalue weighted by Gasteiger charge is -2.13. The summed E-state index contributed by atoms with van der Waals surface area (Å²) in [5.41, 5.74) is 1.49. The van der Waals surface area contributed by atoms with Gasteiger partial charge in [0.05, 0.1) is 13.2 Å². The lowest BCUT2D eigenvalue weighted by molar-refractivity contribution is -0.111. The highest BCUT2D eigenvalue weighted by Crippen LogP contribution is 2.29. The fraction of sp³-hybridized carbons (Fsp3) is 0.211. The first kappa shape index (κ1) is 17.9. The van der Waals surface area contributed by atoms with Crippen LogP contribution in [0.2, 0.25) is 5.02 Å². The van der Waals surface area contributed by atoms with Crippen LogP contribution < -0.4 is 14.8 Å². The summed E-state index contributed by atoms with van der Waals surface area (Å²) >= 11 is 5.89. The van der Waals surface area contributed by atoms with Gasteiger partial charge in [-0.15, -0.1) is 0 Å². The van der Waals surface area contributed by atoms with Crippen molar-refractivity contribution in [1.29, 1.82) is 0 Å². The number of halogens is 1. The van der Waals surface area contributed by atoms with Crippen LogP contribution in [0.1, 0.15) is 19.4 Å². The summed E-state index contributed by atoms with van der Waals surface area (Å²) in [7, 11) is 1.59. The fourth-order valence-corrected chi connectivity index (χ4v) is 2.25. The van der Waals surface area contributed by atoms with E-state index in [0.717, 1.165) is 5.56 Å². The van der Waals surface area contributed by atoms with E-state index < -0.39 is 0 Å². The first-order valence-electron chi connectivity index (χ1n) is 7.57. The quantitative estimate of drug-likeness (QED) is 0.766. The van der Waals surface area contributed by atoms with Crippen molar-refractivity contribution in [2.45, 2.75) is 20.0 Å². The van der Waals surface area contributed by atoms with E-state index >= 15 is 0 Å². The fourth-order valence-electron chi connectivity index (χ4n) is 2.06. The molecule has 0 spiro atoms. The van der Waals surface area contributed by atoms with Crippen LogP contribution in [0, 0.1) is 0 Å². The zero-order valence-corrected chi connectivity index (χ0v) is 14.6. The number of ether oxygens (including phenoxy) is 2. The number of rotatable bonds is 6. The van der Waals surface area contributed by atoms with Crippen molar-refractivity contribution in [3.8, 4) is 11.5 Å². The van der Waals surface area contributed by atoms with Gasteiger partial charge in [0.15, 0.2) is 11.5 Å². The normalized spacial score (nSPS) is 10.9. The van der Waals surface area contributed by atoms with Gasteiger partial charge in [-0.25, -0.2) is 0 Å². The first-order valence-corrected chi connectivity index (χ1v) is 7.95. The van der Waals surface area contributed by atoms with E-state index in [9.17, 15) is 4.79 Å². The third-order valence-electron chi connectivity index (χ3n) is 3.07. The molecule has 24 heavy (non-hydrogen) atoms. The number of hydrogen-bond donors (Lipinski definition) is 1. The number of carbonyl (C=O) groups is 1. The minimum atomic E-state index is -0.237. The van der Waals surface area contributed by atoms with Gasteiger partial charge in [-0.2, -0.15) is 0 Å². The molecule has 0 fully saturated rings. The average Bonchev–Trinajstić information content (AvgIpc) is 2.53. The van der Waals surface area contributed by atoms with Crippen molar-refractivity contribution in [3.05, 3.63) is 59.1 Å². The lowest BCUT2D eigenvalue weighted by Crippen LogP contribution is -2.07. The number of benzene rings is 2. The molecule has 0 aliphatic heterocycles. The van der Waals surface area contributed by atoms with Crippen LogP contribution in [0.15, 0.2) is 48.5 Å². The van der Waals surface area contributed by atoms with Crippen molar-refractivity contribution in [2.75, 3.05) is 12.4 Å². The average molecular weight is 346 g/mol. The van der Waals surface area contributed by atoms with Gasteiger partial charge in [-0.05, 0) is 55.8 Å². The Labute approximate surface area is 147 Å². The van der Waals surface area contributed by atoms with Crippen LogP contribution in [0.4, 0.5) is 5.69 Å². The number of hydrogen-bond acceptors (Lipinski definition) is 3. The largest absolute Gasteiger partial charge is 0.493 e. The summed E-state index contributed by atoms with van der Waals surface area (Å²) < 4.78 is 11.0. The van der Waals surface area contributed by atoms with Gasteiger partial charge in [-0.3, -0.25) is 4.79 Å². The SMILES string of the molecule is COc1cc(C=CC(=O)Nc2cccc(Cl)c2)ccc1OC(C)C. The Morgan fingerprint density at radius 1 is 1.17 bits per heavy atom. The number of amides is 1. The Bertz CT molecular complexity index is 741. The standard InChI is InChI=1S/C19H20ClNO3/c1-13(2)24-17-9-7-14(11-18(17)23-3)8-10-19(22)21-16-6-4-5-15(20)12-16/h4-13H,1-3H3,(H,21,22). The lowest BCUT2D eigenvalue weighted by atomic mass is 10.2. The monoisotopic (exact) mass is 345 g/mol. The number of nitrogens with one attached hydrogen (secondary N) is 1. The molecule has 0 saturated carbocycles. The van der Waals surface area contributed by atoms with Crippen LogP contribution in [0.5, 0.6) is 11.5 Å². The molecular formula is C19H20ClNO3. The van der Waals surface area contributed by atoms with Crippen molar-refractivity contribution < 1.29 is 14.3 Å². The Balaban J connectivity index is 2.06. The highest BCUT2D eigenvalue weighted by molar-refractivity contribution is 6.30. The van der Waals surface area contributed by atoms with Gasteiger partial charge < -0.3 is 14.8 Å². The maximum absolute atomic E-state index is 12.0. The van der Waals surface area contributed by atoms with Gasteiger partial charge in [0, 0.05) is 16.8 Å². The summed E-state index contributed by atoms with van der Waals surface area (Å²) in [6, 6.07) is 12.5.